The van der Waals surface area contributed by atoms with Crippen molar-refractivity contribution in [3.05, 3.63) is 82.1 Å². The third-order valence-electron chi connectivity index (χ3n) is 3.74. The third kappa shape index (κ3) is 4.07. The summed E-state index contributed by atoms with van der Waals surface area (Å²) in [4.78, 5) is 15.3. The van der Waals surface area contributed by atoms with E-state index in [2.05, 4.69) is 16.8 Å². The van der Waals surface area contributed by atoms with Gasteiger partial charge in [-0.3, -0.25) is 0 Å². The molecular formula is C21H11ClN2O3. The number of carbonyl (C=O) groups is 1. The van der Waals surface area contributed by atoms with Crippen LogP contribution in [0, 0.1) is 23.2 Å². The third-order valence-corrected chi connectivity index (χ3v) is 4.05. The highest BCUT2D eigenvalue weighted by molar-refractivity contribution is 6.31. The summed E-state index contributed by atoms with van der Waals surface area (Å²) >= 11 is 6.07. The largest absolute Gasteiger partial charge is 0.508 e. The van der Waals surface area contributed by atoms with Crippen LogP contribution < -0.4 is 0 Å². The fraction of sp³-hybridized carbons (Fsp3) is 0. The quantitative estimate of drug-likeness (QED) is 0.659. The van der Waals surface area contributed by atoms with Gasteiger partial charge in [0.15, 0.2) is 0 Å². The summed E-state index contributed by atoms with van der Waals surface area (Å²) in [6, 6.07) is 14.2. The fourth-order valence-electron chi connectivity index (χ4n) is 2.38. The number of phenols is 1. The van der Waals surface area contributed by atoms with Gasteiger partial charge >= 0.3 is 5.97 Å². The number of aromatic hydroxyl groups is 1. The molecule has 2 N–H and O–H groups in total. The van der Waals surface area contributed by atoms with E-state index in [1.54, 1.807) is 24.3 Å². The van der Waals surface area contributed by atoms with Crippen molar-refractivity contribution in [2.24, 2.45) is 0 Å². The lowest BCUT2D eigenvalue weighted by Gasteiger charge is -2.06. The molecule has 0 atom stereocenters. The van der Waals surface area contributed by atoms with Gasteiger partial charge in [-0.2, -0.15) is 5.26 Å². The zero-order valence-electron chi connectivity index (χ0n) is 13.8. The zero-order valence-corrected chi connectivity index (χ0v) is 14.5. The Bertz CT molecular complexity index is 1140. The van der Waals surface area contributed by atoms with Crippen LogP contribution in [0.2, 0.25) is 5.02 Å². The first-order chi connectivity index (χ1) is 13.0. The molecule has 0 saturated carbocycles. The first-order valence-corrected chi connectivity index (χ1v) is 8.10. The van der Waals surface area contributed by atoms with Gasteiger partial charge in [0, 0.05) is 22.9 Å². The van der Waals surface area contributed by atoms with E-state index in [0.29, 0.717) is 27.3 Å². The normalized spacial score (nSPS) is 9.78. The lowest BCUT2D eigenvalue weighted by Crippen LogP contribution is -1.98. The molecule has 0 radical (unpaired) electrons. The number of phenolic OH excluding ortho intramolecular Hbond substituents is 1. The van der Waals surface area contributed by atoms with Crippen LogP contribution in [0.25, 0.3) is 11.1 Å². The Morgan fingerprint density at radius 3 is 2.41 bits per heavy atom. The number of halogens is 1. The molecular weight excluding hydrogens is 364 g/mol. The number of carboxylic acids is 1. The second kappa shape index (κ2) is 7.61. The van der Waals surface area contributed by atoms with Crippen LogP contribution in [0.1, 0.15) is 27.2 Å². The van der Waals surface area contributed by atoms with Crippen LogP contribution in [-0.2, 0) is 0 Å². The molecule has 130 valence electrons. The molecule has 0 unspecified atom stereocenters. The Morgan fingerprint density at radius 2 is 1.78 bits per heavy atom. The van der Waals surface area contributed by atoms with E-state index in [-0.39, 0.29) is 17.0 Å². The first kappa shape index (κ1) is 18.0. The number of rotatable bonds is 2. The lowest BCUT2D eigenvalue weighted by atomic mass is 9.98. The maximum atomic E-state index is 11.3. The number of benzene rings is 2. The summed E-state index contributed by atoms with van der Waals surface area (Å²) < 4.78 is 0. The molecule has 2 aromatic carbocycles. The summed E-state index contributed by atoms with van der Waals surface area (Å²) in [5.41, 5.74) is 2.70. The van der Waals surface area contributed by atoms with E-state index >= 15 is 0 Å². The van der Waals surface area contributed by atoms with Crippen LogP contribution in [0.4, 0.5) is 0 Å². The van der Waals surface area contributed by atoms with Crippen molar-refractivity contribution in [3.63, 3.8) is 0 Å². The van der Waals surface area contributed by atoms with Crippen LogP contribution >= 0.6 is 11.6 Å². The molecule has 3 rings (SSSR count). The molecule has 0 aliphatic heterocycles. The van der Waals surface area contributed by atoms with Gasteiger partial charge in [-0.05, 0) is 54.1 Å². The minimum absolute atomic E-state index is 0.0423. The second-order valence-electron chi connectivity index (χ2n) is 5.52. The minimum atomic E-state index is -1.06. The van der Waals surface area contributed by atoms with E-state index in [9.17, 15) is 15.0 Å². The highest BCUT2D eigenvalue weighted by atomic mass is 35.5. The maximum Gasteiger partial charge on any atom is 0.335 e. The number of nitrogens with zero attached hydrogens (tertiary/aromatic N) is 2. The molecule has 0 aliphatic rings. The van der Waals surface area contributed by atoms with Gasteiger partial charge in [-0.15, -0.1) is 0 Å². The fourth-order valence-corrected chi connectivity index (χ4v) is 2.61. The van der Waals surface area contributed by atoms with Crippen molar-refractivity contribution in [3.8, 4) is 34.8 Å². The van der Waals surface area contributed by atoms with E-state index in [1.165, 1.54) is 30.5 Å². The predicted molar refractivity (Wildman–Crippen MR) is 100 cm³/mol. The molecule has 0 amide bonds. The van der Waals surface area contributed by atoms with Crippen LogP contribution in [0.5, 0.6) is 5.75 Å². The molecule has 0 bridgehead atoms. The molecule has 1 heterocycles. The summed E-state index contributed by atoms with van der Waals surface area (Å²) in [7, 11) is 0. The summed E-state index contributed by atoms with van der Waals surface area (Å²) in [6.45, 7) is 0. The average Bonchev–Trinajstić information content (AvgIpc) is 2.67. The molecule has 3 aromatic rings. The van der Waals surface area contributed by atoms with Crippen molar-refractivity contribution in [2.45, 2.75) is 0 Å². The van der Waals surface area contributed by atoms with Gasteiger partial charge in [0.25, 0.3) is 0 Å². The Labute approximate surface area is 160 Å². The number of hydrogen-bond donors (Lipinski definition) is 2. The molecule has 5 nitrogen and oxygen atoms in total. The summed E-state index contributed by atoms with van der Waals surface area (Å²) in [5, 5.41) is 27.9. The highest BCUT2D eigenvalue weighted by Gasteiger charge is 2.10. The van der Waals surface area contributed by atoms with Gasteiger partial charge < -0.3 is 10.2 Å². The van der Waals surface area contributed by atoms with Gasteiger partial charge in [0.1, 0.15) is 17.5 Å². The Balaban J connectivity index is 2.11. The van der Waals surface area contributed by atoms with Gasteiger partial charge in [0.05, 0.1) is 10.6 Å². The number of pyridine rings is 1. The first-order valence-electron chi connectivity index (χ1n) is 7.72. The molecule has 1 aromatic heterocycles. The van der Waals surface area contributed by atoms with Crippen molar-refractivity contribution >= 4 is 17.6 Å². The summed E-state index contributed by atoms with van der Waals surface area (Å²) in [6.07, 6.45) is 1.50. The van der Waals surface area contributed by atoms with E-state index < -0.39 is 5.97 Å². The van der Waals surface area contributed by atoms with Gasteiger partial charge in [-0.1, -0.05) is 23.4 Å². The maximum absolute atomic E-state index is 11.3. The highest BCUT2D eigenvalue weighted by Crippen LogP contribution is 2.25. The molecule has 0 fully saturated rings. The molecule has 0 saturated heterocycles. The van der Waals surface area contributed by atoms with Crippen LogP contribution in [0.15, 0.2) is 54.7 Å². The van der Waals surface area contributed by atoms with Crippen molar-refractivity contribution < 1.29 is 15.0 Å². The zero-order chi connectivity index (χ0) is 19.4. The number of aromatic nitrogens is 1. The van der Waals surface area contributed by atoms with E-state index in [4.69, 9.17) is 16.9 Å². The van der Waals surface area contributed by atoms with Crippen LogP contribution in [-0.4, -0.2) is 21.2 Å². The smallest absolute Gasteiger partial charge is 0.335 e. The monoisotopic (exact) mass is 374 g/mol. The summed E-state index contributed by atoms with van der Waals surface area (Å²) in [5.74, 6) is 4.89. The van der Waals surface area contributed by atoms with Gasteiger partial charge in [-0.25, -0.2) is 9.78 Å². The predicted octanol–water partition coefficient (Wildman–Crippen LogP) is 4.08. The van der Waals surface area contributed by atoms with Crippen molar-refractivity contribution in [1.82, 2.24) is 4.98 Å². The molecule has 0 spiro atoms. The van der Waals surface area contributed by atoms with Crippen LogP contribution in [0.3, 0.4) is 0 Å². The number of hydrogen-bond acceptors (Lipinski definition) is 4. The topological polar surface area (TPSA) is 94.2 Å². The van der Waals surface area contributed by atoms with Crippen molar-refractivity contribution in [2.75, 3.05) is 0 Å². The van der Waals surface area contributed by atoms with Crippen molar-refractivity contribution in [1.29, 1.82) is 5.26 Å². The Hall–Kier alpha value is -3.80. The van der Waals surface area contributed by atoms with E-state index in [1.807, 2.05) is 6.07 Å². The standard InChI is InChI=1S/C21H11ClN2O3/c22-20-10-18(25)8-6-14(20)3-1-13-2-4-15(21(26)27)9-19(13)16-5-7-17(11-23)24-12-16/h2,4-10,12,25H,(H,26,27). The Morgan fingerprint density at radius 1 is 1.04 bits per heavy atom. The minimum Gasteiger partial charge on any atom is -0.508 e. The van der Waals surface area contributed by atoms with Gasteiger partial charge in [0.2, 0.25) is 0 Å². The number of aromatic carboxylic acids is 1. The average molecular weight is 375 g/mol. The van der Waals surface area contributed by atoms with E-state index in [0.717, 1.165) is 0 Å². The lowest BCUT2D eigenvalue weighted by molar-refractivity contribution is 0.0697. The second-order valence-corrected chi connectivity index (χ2v) is 5.93. The number of carboxylic acid groups (broad SMARTS) is 1. The molecule has 6 heteroatoms. The molecule has 0 aliphatic carbocycles. The molecule has 27 heavy (non-hydrogen) atoms. The number of nitriles is 1. The SMILES string of the molecule is N#Cc1ccc(-c2cc(C(=O)O)ccc2C#Cc2ccc(O)cc2Cl)cn1. The Kier molecular flexibility index (Phi) is 5.08.